The number of hydrogen-bond donors (Lipinski definition) is 1. The van der Waals surface area contributed by atoms with Crippen LogP contribution < -0.4 is 9.47 Å². The van der Waals surface area contributed by atoms with Crippen molar-refractivity contribution in [2.75, 3.05) is 7.11 Å². The minimum atomic E-state index is -3.10. The number of Topliss-reactive ketones (excluding diaryl/α,β-unsaturated/α-hetero) is 1. The molecule has 2 rings (SSSR count). The van der Waals surface area contributed by atoms with Crippen LogP contribution >= 0.6 is 0 Å². The number of carbonyl (C=O) groups is 2. The Morgan fingerprint density at radius 2 is 2.15 bits per heavy atom. The molecule has 1 aliphatic heterocycles. The third-order valence-corrected chi connectivity index (χ3v) is 4.01. The van der Waals surface area contributed by atoms with Gasteiger partial charge >= 0.3 is 18.3 Å². The van der Waals surface area contributed by atoms with Crippen molar-refractivity contribution >= 4 is 17.5 Å². The van der Waals surface area contributed by atoms with E-state index in [1.54, 1.807) is 0 Å². The summed E-state index contributed by atoms with van der Waals surface area (Å²) in [5, 5.41) is 10.2. The molecule has 3 atom stereocenters. The number of rotatable bonds is 6. The number of halogens is 2. The minimum absolute atomic E-state index is 0.0176. The van der Waals surface area contributed by atoms with Gasteiger partial charge in [0, 0.05) is 12.3 Å². The van der Waals surface area contributed by atoms with Crippen molar-refractivity contribution in [2.24, 2.45) is 5.92 Å². The number of alkyl halides is 2. The third-order valence-electron chi connectivity index (χ3n) is 4.01. The van der Waals surface area contributed by atoms with E-state index in [-0.39, 0.29) is 23.5 Å². The zero-order valence-corrected chi connectivity index (χ0v) is 13.9. The van der Waals surface area contributed by atoms with E-state index < -0.39 is 42.2 Å². The van der Waals surface area contributed by atoms with Gasteiger partial charge in [0.1, 0.15) is 23.2 Å². The summed E-state index contributed by atoms with van der Waals surface area (Å²) in [7, 11) is 1.05. The Labute approximate surface area is 146 Å². The lowest BCUT2D eigenvalue weighted by molar-refractivity contribution is -0.139. The molecule has 0 aliphatic carbocycles. The highest BCUT2D eigenvalue weighted by Crippen LogP contribution is 2.37. The Hall–Kier alpha value is -2.84. The summed E-state index contributed by atoms with van der Waals surface area (Å²) < 4.78 is 39.3. The van der Waals surface area contributed by atoms with Crippen molar-refractivity contribution in [3.05, 3.63) is 29.3 Å². The molecule has 0 bridgehead atoms. The van der Waals surface area contributed by atoms with Crippen LogP contribution in [0.2, 0.25) is 0 Å². The summed E-state index contributed by atoms with van der Waals surface area (Å²) >= 11 is 0. The predicted molar refractivity (Wildman–Crippen MR) is 82.3 cm³/mol. The van der Waals surface area contributed by atoms with Crippen molar-refractivity contribution < 1.29 is 42.5 Å². The van der Waals surface area contributed by atoms with Gasteiger partial charge in [-0.3, -0.25) is 4.79 Å². The van der Waals surface area contributed by atoms with Gasteiger partial charge in [-0.05, 0) is 12.1 Å². The standard InChI is InChI=1S/C16H16F2N2O6/c1-7(14(22)13(20-19)15(23)24-2)11-6-8(21)12-9(25-11)4-3-5-10(12)26-16(17)18/h3-5,7,11,14,16,22H,6H2,1-2H3/t7-,11+,14+/m1/s1. The van der Waals surface area contributed by atoms with E-state index in [4.69, 9.17) is 10.3 Å². The molecule has 10 heteroatoms. The number of nitrogens with zero attached hydrogens (tertiary/aromatic N) is 2. The van der Waals surface area contributed by atoms with Gasteiger partial charge in [-0.25, -0.2) is 4.79 Å². The van der Waals surface area contributed by atoms with Crippen molar-refractivity contribution in [1.29, 1.82) is 0 Å². The highest BCUT2D eigenvalue weighted by atomic mass is 19.3. The van der Waals surface area contributed by atoms with Crippen LogP contribution in [0, 0.1) is 5.92 Å². The van der Waals surface area contributed by atoms with Crippen LogP contribution in [0.3, 0.4) is 0 Å². The first-order valence-corrected chi connectivity index (χ1v) is 7.56. The maximum atomic E-state index is 12.5. The number of aliphatic hydroxyl groups excluding tert-OH is 1. The highest BCUT2D eigenvalue weighted by molar-refractivity contribution is 6.35. The molecule has 140 valence electrons. The SMILES string of the molecule is COC(=O)C(=[N+]=[N-])[C@@H](O)[C@H](C)[C@@H]1CC(=O)c2c(OC(F)F)cccc2O1. The molecule has 1 heterocycles. The molecular formula is C16H16F2N2O6. The molecule has 1 aromatic rings. The summed E-state index contributed by atoms with van der Waals surface area (Å²) in [6.07, 6.45) is -2.73. The first-order chi connectivity index (χ1) is 12.3. The fourth-order valence-electron chi connectivity index (χ4n) is 2.64. The third kappa shape index (κ3) is 3.87. The maximum absolute atomic E-state index is 12.5. The average molecular weight is 370 g/mol. The second kappa shape index (κ2) is 8.03. The zero-order chi connectivity index (χ0) is 19.4. The molecule has 1 N–H and O–H groups in total. The van der Waals surface area contributed by atoms with Crippen molar-refractivity contribution in [2.45, 2.75) is 32.2 Å². The van der Waals surface area contributed by atoms with Gasteiger partial charge in [0.25, 0.3) is 0 Å². The number of ether oxygens (including phenoxy) is 3. The maximum Gasteiger partial charge on any atom is 0.419 e. The van der Waals surface area contributed by atoms with Gasteiger partial charge in [-0.1, -0.05) is 13.0 Å². The molecule has 0 fully saturated rings. The van der Waals surface area contributed by atoms with Crippen LogP contribution in [0.25, 0.3) is 5.53 Å². The Morgan fingerprint density at radius 1 is 1.46 bits per heavy atom. The van der Waals surface area contributed by atoms with Gasteiger partial charge in [-0.15, -0.1) is 0 Å². The first kappa shape index (κ1) is 19.5. The Balaban J connectivity index is 2.27. The van der Waals surface area contributed by atoms with Gasteiger partial charge in [0.15, 0.2) is 11.9 Å². The van der Waals surface area contributed by atoms with Crippen LogP contribution in [0.15, 0.2) is 18.2 Å². The van der Waals surface area contributed by atoms with Crippen LogP contribution in [0.4, 0.5) is 8.78 Å². The number of esters is 1. The lowest BCUT2D eigenvalue weighted by Gasteiger charge is -2.31. The first-order valence-electron chi connectivity index (χ1n) is 7.56. The normalized spacial score (nSPS) is 18.2. The fraction of sp³-hybridized carbons (Fsp3) is 0.438. The molecule has 0 amide bonds. The second-order valence-corrected chi connectivity index (χ2v) is 5.57. The van der Waals surface area contributed by atoms with E-state index in [1.807, 2.05) is 0 Å². The second-order valence-electron chi connectivity index (χ2n) is 5.57. The molecule has 0 unspecified atom stereocenters. The summed E-state index contributed by atoms with van der Waals surface area (Å²) in [6, 6.07) is 4.00. The molecule has 0 aromatic heterocycles. The van der Waals surface area contributed by atoms with Gasteiger partial charge in [-0.2, -0.15) is 13.6 Å². The highest BCUT2D eigenvalue weighted by Gasteiger charge is 2.42. The van der Waals surface area contributed by atoms with E-state index >= 15 is 0 Å². The van der Waals surface area contributed by atoms with Gasteiger partial charge in [0.2, 0.25) is 0 Å². The van der Waals surface area contributed by atoms with Crippen LogP contribution in [-0.2, 0) is 9.53 Å². The molecule has 26 heavy (non-hydrogen) atoms. The topological polar surface area (TPSA) is 118 Å². The number of methoxy groups -OCH3 is 1. The largest absolute Gasteiger partial charge is 0.489 e. The van der Waals surface area contributed by atoms with E-state index in [1.165, 1.54) is 25.1 Å². The quantitative estimate of drug-likeness (QED) is 0.350. The van der Waals surface area contributed by atoms with Crippen molar-refractivity contribution in [3.8, 4) is 11.5 Å². The van der Waals surface area contributed by atoms with Crippen LogP contribution in [0.5, 0.6) is 11.5 Å². The van der Waals surface area contributed by atoms with Crippen molar-refractivity contribution in [3.63, 3.8) is 0 Å². The molecule has 1 aromatic carbocycles. The summed E-state index contributed by atoms with van der Waals surface area (Å²) in [6.45, 7) is -1.63. The lowest BCUT2D eigenvalue weighted by atomic mass is 9.88. The number of ketones is 1. The number of benzene rings is 1. The van der Waals surface area contributed by atoms with Gasteiger partial charge in [0.05, 0.1) is 7.11 Å². The molecule has 0 saturated carbocycles. The molecule has 0 spiro atoms. The predicted octanol–water partition coefficient (Wildman–Crippen LogP) is 1.46. The Kier molecular flexibility index (Phi) is 6.01. The molecule has 1 aliphatic rings. The lowest BCUT2D eigenvalue weighted by Crippen LogP contribution is -2.44. The monoisotopic (exact) mass is 370 g/mol. The van der Waals surface area contributed by atoms with Crippen molar-refractivity contribution in [1.82, 2.24) is 0 Å². The molecule has 0 saturated heterocycles. The minimum Gasteiger partial charge on any atom is -0.489 e. The Morgan fingerprint density at radius 3 is 2.73 bits per heavy atom. The summed E-state index contributed by atoms with van der Waals surface area (Å²) in [5.41, 5.74) is 8.15. The average Bonchev–Trinajstić information content (AvgIpc) is 2.60. The number of fused-ring (bicyclic) bond motifs is 1. The molecular weight excluding hydrogens is 354 g/mol. The molecule has 8 nitrogen and oxygen atoms in total. The summed E-state index contributed by atoms with van der Waals surface area (Å²) in [5.74, 6) is -2.70. The van der Waals surface area contributed by atoms with Gasteiger partial charge < -0.3 is 24.8 Å². The summed E-state index contributed by atoms with van der Waals surface area (Å²) in [4.78, 5) is 26.6. The van der Waals surface area contributed by atoms with E-state index in [9.17, 15) is 23.5 Å². The van der Waals surface area contributed by atoms with Crippen LogP contribution in [-0.4, -0.2) is 53.3 Å². The number of hydrogen-bond acceptors (Lipinski definition) is 6. The van der Waals surface area contributed by atoms with E-state index in [0.717, 1.165) is 7.11 Å². The fourth-order valence-corrected chi connectivity index (χ4v) is 2.64. The number of aliphatic hydroxyl groups is 1. The van der Waals surface area contributed by atoms with E-state index in [0.29, 0.717) is 0 Å². The zero-order valence-electron chi connectivity index (χ0n) is 13.9. The van der Waals surface area contributed by atoms with E-state index in [2.05, 4.69) is 14.3 Å². The Bertz CT molecular complexity index is 763. The number of carbonyl (C=O) groups excluding carboxylic acids is 2. The molecule has 0 radical (unpaired) electrons. The smallest absolute Gasteiger partial charge is 0.419 e. The van der Waals surface area contributed by atoms with Crippen LogP contribution in [0.1, 0.15) is 23.7 Å².